The summed E-state index contributed by atoms with van der Waals surface area (Å²) in [7, 11) is 0. The van der Waals surface area contributed by atoms with E-state index in [4.69, 9.17) is 0 Å². The Morgan fingerprint density at radius 2 is 1.88 bits per heavy atom. The first-order chi connectivity index (χ1) is 16.2. The number of nitrogens with zero attached hydrogens (tertiary/aromatic N) is 4. The Kier molecular flexibility index (Phi) is 5.73. The zero-order valence-corrected chi connectivity index (χ0v) is 18.3. The number of aryl methyl sites for hydroxylation is 1. The van der Waals surface area contributed by atoms with Crippen molar-refractivity contribution in [1.29, 1.82) is 0 Å². The van der Waals surface area contributed by atoms with Crippen molar-refractivity contribution >= 4 is 34.4 Å². The fraction of sp³-hybridized carbons (Fsp3) is 0.0800. The molecule has 0 bridgehead atoms. The van der Waals surface area contributed by atoms with Crippen LogP contribution >= 0.6 is 11.3 Å². The van der Waals surface area contributed by atoms with Gasteiger partial charge in [0.1, 0.15) is 0 Å². The van der Waals surface area contributed by atoms with Gasteiger partial charge in [0.25, 0.3) is 0 Å². The van der Waals surface area contributed by atoms with Crippen molar-refractivity contribution in [2.75, 3.05) is 5.32 Å². The predicted molar refractivity (Wildman–Crippen MR) is 127 cm³/mol. The van der Waals surface area contributed by atoms with E-state index in [1.165, 1.54) is 11.3 Å². The van der Waals surface area contributed by atoms with Crippen LogP contribution in [0.3, 0.4) is 0 Å². The van der Waals surface area contributed by atoms with Crippen molar-refractivity contribution in [3.05, 3.63) is 101 Å². The lowest BCUT2D eigenvalue weighted by Gasteiger charge is -2.09. The molecular formula is C25H19N5O2S. The van der Waals surface area contributed by atoms with Gasteiger partial charge in [-0.15, -0.1) is 11.3 Å². The Bertz CT molecular complexity index is 1430. The number of benzene rings is 1. The van der Waals surface area contributed by atoms with Crippen LogP contribution in [0.15, 0.2) is 84.8 Å². The van der Waals surface area contributed by atoms with Gasteiger partial charge >= 0.3 is 0 Å². The monoisotopic (exact) mass is 453 g/mol. The Morgan fingerprint density at radius 3 is 2.70 bits per heavy atom. The van der Waals surface area contributed by atoms with Gasteiger partial charge in [-0.25, -0.2) is 9.50 Å². The van der Waals surface area contributed by atoms with Crippen LogP contribution < -0.4 is 5.32 Å². The normalized spacial score (nSPS) is 10.9. The molecule has 1 amide bonds. The van der Waals surface area contributed by atoms with Gasteiger partial charge in [-0.05, 0) is 53.8 Å². The number of rotatable bonds is 7. The summed E-state index contributed by atoms with van der Waals surface area (Å²) >= 11 is 1.39. The average molecular weight is 454 g/mol. The summed E-state index contributed by atoms with van der Waals surface area (Å²) in [6, 6.07) is 16.8. The first-order valence-electron chi connectivity index (χ1n) is 10.4. The molecule has 0 aliphatic heterocycles. The molecular weight excluding hydrogens is 434 g/mol. The number of carbonyl (C=O) groups excluding carboxylic acids is 2. The molecule has 33 heavy (non-hydrogen) atoms. The lowest BCUT2D eigenvalue weighted by Crippen LogP contribution is -2.12. The summed E-state index contributed by atoms with van der Waals surface area (Å²) in [6.07, 6.45) is 7.69. The number of carbonyl (C=O) groups is 2. The molecule has 0 fully saturated rings. The topological polar surface area (TPSA) is 89.2 Å². The molecule has 0 saturated heterocycles. The van der Waals surface area contributed by atoms with Crippen LogP contribution in [0.4, 0.5) is 5.69 Å². The minimum atomic E-state index is -0.0974. The Morgan fingerprint density at radius 1 is 1.00 bits per heavy atom. The summed E-state index contributed by atoms with van der Waals surface area (Å²) < 4.78 is 1.66. The van der Waals surface area contributed by atoms with Gasteiger partial charge in [0.05, 0.1) is 22.3 Å². The molecule has 0 aliphatic carbocycles. The van der Waals surface area contributed by atoms with Crippen LogP contribution in [-0.2, 0) is 11.2 Å². The average Bonchev–Trinajstić information content (AvgIpc) is 3.54. The van der Waals surface area contributed by atoms with E-state index in [-0.39, 0.29) is 11.7 Å². The smallest absolute Gasteiger partial charge is 0.224 e. The maximum Gasteiger partial charge on any atom is 0.224 e. The zero-order chi connectivity index (χ0) is 22.6. The molecule has 4 heterocycles. The first kappa shape index (κ1) is 20.7. The molecule has 1 N–H and O–H groups in total. The number of pyridine rings is 1. The first-order valence-corrected chi connectivity index (χ1v) is 11.3. The molecule has 1 aromatic carbocycles. The number of aromatic nitrogens is 4. The molecule has 0 spiro atoms. The minimum absolute atomic E-state index is 0.0632. The number of anilines is 1. The van der Waals surface area contributed by atoms with Crippen LogP contribution in [-0.4, -0.2) is 31.3 Å². The van der Waals surface area contributed by atoms with Crippen LogP contribution in [0.25, 0.3) is 16.9 Å². The number of ketones is 1. The third-order valence-corrected chi connectivity index (χ3v) is 6.09. The second-order valence-corrected chi connectivity index (χ2v) is 8.36. The van der Waals surface area contributed by atoms with Gasteiger partial charge in [0.2, 0.25) is 11.7 Å². The SMILES string of the molecule is O=C(CCc1ccncc1)Nc1cccc(-c2ccnc3c(C(=O)c4cccs4)cnn23)c1. The van der Waals surface area contributed by atoms with Gasteiger partial charge in [-0.2, -0.15) is 5.10 Å². The van der Waals surface area contributed by atoms with Gasteiger partial charge in [-0.1, -0.05) is 18.2 Å². The van der Waals surface area contributed by atoms with E-state index in [0.717, 1.165) is 16.8 Å². The highest BCUT2D eigenvalue weighted by Gasteiger charge is 2.18. The van der Waals surface area contributed by atoms with Gasteiger partial charge in [-0.3, -0.25) is 14.6 Å². The van der Waals surface area contributed by atoms with Gasteiger partial charge < -0.3 is 5.32 Å². The number of hydrogen-bond acceptors (Lipinski definition) is 6. The van der Waals surface area contributed by atoms with Crippen molar-refractivity contribution in [2.45, 2.75) is 12.8 Å². The summed E-state index contributed by atoms with van der Waals surface area (Å²) in [4.78, 5) is 34.3. The largest absolute Gasteiger partial charge is 0.326 e. The van der Waals surface area contributed by atoms with Crippen molar-refractivity contribution < 1.29 is 9.59 Å². The third-order valence-electron chi connectivity index (χ3n) is 5.22. The molecule has 4 aromatic heterocycles. The van der Waals surface area contributed by atoms with Crippen molar-refractivity contribution in [3.63, 3.8) is 0 Å². The van der Waals surface area contributed by atoms with E-state index >= 15 is 0 Å². The molecule has 5 aromatic rings. The molecule has 7 nitrogen and oxygen atoms in total. The number of thiophene rings is 1. The summed E-state index contributed by atoms with van der Waals surface area (Å²) in [5.74, 6) is -0.161. The lowest BCUT2D eigenvalue weighted by atomic mass is 10.1. The number of nitrogens with one attached hydrogen (secondary N) is 1. The summed E-state index contributed by atoms with van der Waals surface area (Å²) in [6.45, 7) is 0. The Hall–Kier alpha value is -4.17. The highest BCUT2D eigenvalue weighted by Crippen LogP contribution is 2.25. The second kappa shape index (κ2) is 9.13. The van der Waals surface area contributed by atoms with Crippen molar-refractivity contribution in [3.8, 4) is 11.3 Å². The van der Waals surface area contributed by atoms with Gasteiger partial charge in [0, 0.05) is 36.3 Å². The summed E-state index contributed by atoms with van der Waals surface area (Å²) in [5.41, 5.74) is 4.35. The highest BCUT2D eigenvalue weighted by atomic mass is 32.1. The Labute approximate surface area is 193 Å². The molecule has 0 saturated carbocycles. The molecule has 0 aliphatic rings. The van der Waals surface area contributed by atoms with E-state index in [1.54, 1.807) is 35.4 Å². The second-order valence-electron chi connectivity index (χ2n) is 7.41. The van der Waals surface area contributed by atoms with Crippen LogP contribution in [0.2, 0.25) is 0 Å². The minimum Gasteiger partial charge on any atom is -0.326 e. The quantitative estimate of drug-likeness (QED) is 0.362. The van der Waals surface area contributed by atoms with E-state index in [2.05, 4.69) is 20.4 Å². The lowest BCUT2D eigenvalue weighted by molar-refractivity contribution is -0.116. The maximum absolute atomic E-state index is 12.8. The van der Waals surface area contributed by atoms with Crippen LogP contribution in [0.5, 0.6) is 0 Å². The number of fused-ring (bicyclic) bond motifs is 1. The molecule has 162 valence electrons. The molecule has 0 unspecified atom stereocenters. The van der Waals surface area contributed by atoms with Crippen molar-refractivity contribution in [2.24, 2.45) is 0 Å². The van der Waals surface area contributed by atoms with Gasteiger partial charge in [0.15, 0.2) is 5.65 Å². The maximum atomic E-state index is 12.8. The van der Waals surface area contributed by atoms with Crippen LogP contribution in [0.1, 0.15) is 27.2 Å². The molecule has 5 rings (SSSR count). The fourth-order valence-corrected chi connectivity index (χ4v) is 4.28. The van der Waals surface area contributed by atoms with E-state index < -0.39 is 0 Å². The van der Waals surface area contributed by atoms with E-state index in [9.17, 15) is 9.59 Å². The van der Waals surface area contributed by atoms with Crippen molar-refractivity contribution in [1.82, 2.24) is 19.6 Å². The molecule has 0 radical (unpaired) electrons. The fourth-order valence-electron chi connectivity index (χ4n) is 3.60. The standard InChI is InChI=1S/C25H19N5O2S/c31-23(7-6-17-8-11-26-12-9-17)29-19-4-1-3-18(15-19)21-10-13-27-25-20(16-28-30(21)25)24(32)22-5-2-14-33-22/h1-5,8-16H,6-7H2,(H,29,31). The summed E-state index contributed by atoms with van der Waals surface area (Å²) in [5, 5.41) is 9.25. The number of amides is 1. The number of hydrogen-bond donors (Lipinski definition) is 1. The Balaban J connectivity index is 1.38. The molecule has 0 atom stereocenters. The predicted octanol–water partition coefficient (Wildman–Crippen LogP) is 4.66. The van der Waals surface area contributed by atoms with Crippen LogP contribution in [0, 0.1) is 0 Å². The zero-order valence-electron chi connectivity index (χ0n) is 17.5. The molecule has 8 heteroatoms. The third kappa shape index (κ3) is 4.42. The highest BCUT2D eigenvalue weighted by molar-refractivity contribution is 7.12. The van der Waals surface area contributed by atoms with E-state index in [0.29, 0.717) is 34.6 Å². The van der Waals surface area contributed by atoms with E-state index in [1.807, 2.05) is 53.9 Å².